The molecule has 3 rings (SSSR count). The summed E-state index contributed by atoms with van der Waals surface area (Å²) in [6.07, 6.45) is 3.91. The van der Waals surface area contributed by atoms with Gasteiger partial charge in [0.05, 0.1) is 5.60 Å². The molecule has 1 spiro atoms. The van der Waals surface area contributed by atoms with Gasteiger partial charge in [-0.1, -0.05) is 31.2 Å². The van der Waals surface area contributed by atoms with Crippen molar-refractivity contribution in [2.75, 3.05) is 18.1 Å². The molecule has 20 heavy (non-hydrogen) atoms. The van der Waals surface area contributed by atoms with E-state index in [-0.39, 0.29) is 11.5 Å². The van der Waals surface area contributed by atoms with E-state index in [0.29, 0.717) is 5.78 Å². The second-order valence-electron chi connectivity index (χ2n) is 5.94. The van der Waals surface area contributed by atoms with Crippen LogP contribution in [0.1, 0.15) is 42.1 Å². The SMILES string of the molecule is CCc1ccc(C(=O)C2CCOC3(CCSC3)C2)cc1. The quantitative estimate of drug-likeness (QED) is 0.793. The summed E-state index contributed by atoms with van der Waals surface area (Å²) in [4.78, 5) is 12.7. The minimum atomic E-state index is -0.00734. The molecule has 3 heteroatoms. The Bertz CT molecular complexity index is 474. The number of hydrogen-bond donors (Lipinski definition) is 0. The third-order valence-electron chi connectivity index (χ3n) is 4.58. The zero-order chi connectivity index (χ0) is 14.0. The first-order chi connectivity index (χ1) is 9.72. The lowest BCUT2D eigenvalue weighted by Crippen LogP contribution is -2.42. The van der Waals surface area contributed by atoms with Gasteiger partial charge in [-0.3, -0.25) is 4.79 Å². The number of benzene rings is 1. The van der Waals surface area contributed by atoms with Crippen LogP contribution >= 0.6 is 11.8 Å². The molecule has 2 saturated heterocycles. The van der Waals surface area contributed by atoms with Crippen LogP contribution in [-0.4, -0.2) is 29.5 Å². The van der Waals surface area contributed by atoms with Crippen LogP contribution in [-0.2, 0) is 11.2 Å². The molecule has 2 aliphatic rings. The summed E-state index contributed by atoms with van der Waals surface area (Å²) < 4.78 is 6.01. The van der Waals surface area contributed by atoms with Crippen LogP contribution in [0.3, 0.4) is 0 Å². The first kappa shape index (κ1) is 14.2. The molecule has 0 saturated carbocycles. The van der Waals surface area contributed by atoms with Gasteiger partial charge in [0.15, 0.2) is 5.78 Å². The average molecular weight is 290 g/mol. The predicted molar refractivity (Wildman–Crippen MR) is 83.5 cm³/mol. The first-order valence-electron chi connectivity index (χ1n) is 7.57. The Morgan fingerprint density at radius 1 is 1.40 bits per heavy atom. The molecule has 2 fully saturated rings. The molecule has 2 unspecified atom stereocenters. The van der Waals surface area contributed by atoms with Crippen molar-refractivity contribution in [1.82, 2.24) is 0 Å². The molecule has 1 aromatic carbocycles. The Morgan fingerprint density at radius 3 is 2.85 bits per heavy atom. The van der Waals surface area contributed by atoms with Crippen LogP contribution in [0.5, 0.6) is 0 Å². The minimum absolute atomic E-state index is 0.00734. The van der Waals surface area contributed by atoms with Crippen molar-refractivity contribution < 1.29 is 9.53 Å². The summed E-state index contributed by atoms with van der Waals surface area (Å²) in [5.74, 6) is 2.69. The third kappa shape index (κ3) is 2.79. The number of Topliss-reactive ketones (excluding diaryl/α,β-unsaturated/α-hetero) is 1. The van der Waals surface area contributed by atoms with Crippen molar-refractivity contribution in [3.05, 3.63) is 35.4 Å². The summed E-state index contributed by atoms with van der Waals surface area (Å²) >= 11 is 1.96. The molecule has 2 heterocycles. The van der Waals surface area contributed by atoms with E-state index in [2.05, 4.69) is 19.1 Å². The van der Waals surface area contributed by atoms with E-state index >= 15 is 0 Å². The standard InChI is InChI=1S/C17H22O2S/c1-2-13-3-5-14(6-4-13)16(18)15-7-9-19-17(11-15)8-10-20-12-17/h3-6,15H,2,7-12H2,1H3. The molecule has 1 aromatic rings. The minimum Gasteiger partial charge on any atom is -0.374 e. The van der Waals surface area contributed by atoms with Crippen LogP contribution in [0.15, 0.2) is 24.3 Å². The Hall–Kier alpha value is -0.800. The highest BCUT2D eigenvalue weighted by molar-refractivity contribution is 7.99. The zero-order valence-electron chi connectivity index (χ0n) is 12.1. The van der Waals surface area contributed by atoms with Gasteiger partial charge in [0, 0.05) is 23.8 Å². The number of thioether (sulfide) groups is 1. The van der Waals surface area contributed by atoms with Gasteiger partial charge < -0.3 is 4.74 Å². The maximum Gasteiger partial charge on any atom is 0.166 e. The van der Waals surface area contributed by atoms with Gasteiger partial charge in [-0.15, -0.1) is 0 Å². The van der Waals surface area contributed by atoms with Gasteiger partial charge in [0.25, 0.3) is 0 Å². The molecule has 0 radical (unpaired) electrons. The van der Waals surface area contributed by atoms with Crippen LogP contribution < -0.4 is 0 Å². The van der Waals surface area contributed by atoms with Crippen molar-refractivity contribution >= 4 is 17.5 Å². The average Bonchev–Trinajstić information content (AvgIpc) is 2.94. The summed E-state index contributed by atoms with van der Waals surface area (Å²) in [6, 6.07) is 8.14. The van der Waals surface area contributed by atoms with Gasteiger partial charge in [0.1, 0.15) is 0 Å². The van der Waals surface area contributed by atoms with Gasteiger partial charge in [-0.2, -0.15) is 11.8 Å². The number of carbonyl (C=O) groups is 1. The Labute approximate surface area is 125 Å². The van der Waals surface area contributed by atoms with E-state index in [1.54, 1.807) is 0 Å². The van der Waals surface area contributed by atoms with Crippen molar-refractivity contribution in [2.45, 2.75) is 38.2 Å². The van der Waals surface area contributed by atoms with E-state index in [9.17, 15) is 4.79 Å². The molecule has 2 nitrogen and oxygen atoms in total. The number of hydrogen-bond acceptors (Lipinski definition) is 3. The van der Waals surface area contributed by atoms with Crippen LogP contribution in [0.25, 0.3) is 0 Å². The van der Waals surface area contributed by atoms with Gasteiger partial charge in [0.2, 0.25) is 0 Å². The monoisotopic (exact) mass is 290 g/mol. The van der Waals surface area contributed by atoms with E-state index < -0.39 is 0 Å². The molecule has 0 bridgehead atoms. The molecular weight excluding hydrogens is 268 g/mol. The third-order valence-corrected chi connectivity index (χ3v) is 5.80. The fraction of sp³-hybridized carbons (Fsp3) is 0.588. The number of carbonyl (C=O) groups excluding carboxylic acids is 1. The lowest BCUT2D eigenvalue weighted by molar-refractivity contribution is -0.0734. The zero-order valence-corrected chi connectivity index (χ0v) is 12.9. The summed E-state index contributed by atoms with van der Waals surface area (Å²) in [6.45, 7) is 2.88. The van der Waals surface area contributed by atoms with E-state index in [4.69, 9.17) is 4.74 Å². The second kappa shape index (κ2) is 5.90. The largest absolute Gasteiger partial charge is 0.374 e. The van der Waals surface area contributed by atoms with Crippen LogP contribution in [0.4, 0.5) is 0 Å². The molecular formula is C17H22O2S. The molecule has 108 valence electrons. The molecule has 0 N–H and O–H groups in total. The van der Waals surface area contributed by atoms with E-state index in [1.165, 1.54) is 11.3 Å². The van der Waals surface area contributed by atoms with Crippen molar-refractivity contribution in [1.29, 1.82) is 0 Å². The Balaban J connectivity index is 1.72. The fourth-order valence-electron chi connectivity index (χ4n) is 3.26. The van der Waals surface area contributed by atoms with Gasteiger partial charge in [-0.25, -0.2) is 0 Å². The molecule has 2 atom stereocenters. The number of ketones is 1. The summed E-state index contributed by atoms with van der Waals surface area (Å²) in [5.41, 5.74) is 2.15. The number of ether oxygens (including phenoxy) is 1. The molecule has 0 amide bonds. The van der Waals surface area contributed by atoms with Crippen LogP contribution in [0.2, 0.25) is 0 Å². The number of aryl methyl sites for hydroxylation is 1. The lowest BCUT2D eigenvalue weighted by Gasteiger charge is -2.37. The topological polar surface area (TPSA) is 26.3 Å². The second-order valence-corrected chi connectivity index (χ2v) is 7.04. The molecule has 0 aliphatic carbocycles. The van der Waals surface area contributed by atoms with Crippen molar-refractivity contribution in [3.8, 4) is 0 Å². The first-order valence-corrected chi connectivity index (χ1v) is 8.73. The molecule has 2 aliphatic heterocycles. The van der Waals surface area contributed by atoms with Crippen LogP contribution in [0, 0.1) is 5.92 Å². The van der Waals surface area contributed by atoms with Crippen molar-refractivity contribution in [2.24, 2.45) is 5.92 Å². The maximum atomic E-state index is 12.7. The Morgan fingerprint density at radius 2 is 2.20 bits per heavy atom. The highest BCUT2D eigenvalue weighted by Crippen LogP contribution is 2.41. The van der Waals surface area contributed by atoms with E-state index in [0.717, 1.165) is 43.6 Å². The Kier molecular flexibility index (Phi) is 4.18. The van der Waals surface area contributed by atoms with Gasteiger partial charge in [-0.05, 0) is 37.0 Å². The highest BCUT2D eigenvalue weighted by Gasteiger charge is 2.42. The van der Waals surface area contributed by atoms with Crippen molar-refractivity contribution in [3.63, 3.8) is 0 Å². The molecule has 0 aromatic heterocycles. The normalized spacial score (nSPS) is 29.8. The summed E-state index contributed by atoms with van der Waals surface area (Å²) in [7, 11) is 0. The highest BCUT2D eigenvalue weighted by atomic mass is 32.2. The smallest absolute Gasteiger partial charge is 0.166 e. The predicted octanol–water partition coefficient (Wildman–Crippen LogP) is 3.73. The fourth-order valence-corrected chi connectivity index (χ4v) is 4.63. The lowest BCUT2D eigenvalue weighted by atomic mass is 9.81. The van der Waals surface area contributed by atoms with E-state index in [1.807, 2.05) is 23.9 Å². The maximum absolute atomic E-state index is 12.7. The summed E-state index contributed by atoms with van der Waals surface area (Å²) in [5, 5.41) is 0. The number of rotatable bonds is 3. The van der Waals surface area contributed by atoms with Gasteiger partial charge >= 0.3 is 0 Å².